The van der Waals surface area contributed by atoms with Crippen molar-refractivity contribution in [1.82, 2.24) is 24.6 Å². The van der Waals surface area contributed by atoms with Crippen molar-refractivity contribution in [2.24, 2.45) is 0 Å². The molecule has 1 fully saturated rings. The van der Waals surface area contributed by atoms with Gasteiger partial charge >= 0.3 is 0 Å². The molecule has 25 heavy (non-hydrogen) atoms. The van der Waals surface area contributed by atoms with Gasteiger partial charge in [0, 0.05) is 51.2 Å². The van der Waals surface area contributed by atoms with Crippen LogP contribution in [0.4, 0.5) is 5.82 Å². The lowest BCUT2D eigenvalue weighted by Gasteiger charge is -2.34. The molecular weight excluding hydrogens is 320 g/mol. The van der Waals surface area contributed by atoms with Crippen molar-refractivity contribution in [3.8, 4) is 0 Å². The van der Waals surface area contributed by atoms with Crippen molar-refractivity contribution < 1.29 is 0 Å². The van der Waals surface area contributed by atoms with Gasteiger partial charge < -0.3 is 9.88 Å². The van der Waals surface area contributed by atoms with E-state index in [1.807, 2.05) is 4.90 Å². The lowest BCUT2D eigenvalue weighted by molar-refractivity contribution is 0.241. The van der Waals surface area contributed by atoms with Crippen LogP contribution in [0.15, 0.2) is 28.0 Å². The predicted octanol–water partition coefficient (Wildman–Crippen LogP) is -0.362. The molecule has 132 valence electrons. The summed E-state index contributed by atoms with van der Waals surface area (Å²) in [7, 11) is 0. The second-order valence-corrected chi connectivity index (χ2v) is 6.60. The fourth-order valence-corrected chi connectivity index (χ4v) is 3.59. The molecule has 2 aromatic rings. The summed E-state index contributed by atoms with van der Waals surface area (Å²) in [5.74, 6) is 0.485. The smallest absolute Gasteiger partial charge is 0.290 e. The van der Waals surface area contributed by atoms with Gasteiger partial charge in [-0.15, -0.1) is 0 Å². The molecule has 2 aliphatic rings. The maximum absolute atomic E-state index is 12.2. The highest BCUT2D eigenvalue weighted by atomic mass is 16.1. The van der Waals surface area contributed by atoms with Crippen molar-refractivity contribution in [3.05, 3.63) is 50.4 Å². The molecule has 0 radical (unpaired) electrons. The fraction of sp³-hybridized carbons (Fsp3) is 0.529. The summed E-state index contributed by atoms with van der Waals surface area (Å²) < 4.78 is 1.60. The molecule has 0 aromatic carbocycles. The molecular formula is C17H22N6O2. The van der Waals surface area contributed by atoms with E-state index in [9.17, 15) is 9.59 Å². The summed E-state index contributed by atoms with van der Waals surface area (Å²) >= 11 is 0. The molecule has 0 spiro atoms. The maximum atomic E-state index is 12.2. The normalized spacial score (nSPS) is 17.7. The van der Waals surface area contributed by atoms with E-state index in [4.69, 9.17) is 0 Å². The Bertz CT molecular complexity index is 866. The van der Waals surface area contributed by atoms with E-state index < -0.39 is 0 Å². The Morgan fingerprint density at radius 2 is 1.92 bits per heavy atom. The third kappa shape index (κ3) is 3.34. The predicted molar refractivity (Wildman–Crippen MR) is 94.0 cm³/mol. The summed E-state index contributed by atoms with van der Waals surface area (Å²) in [6.45, 7) is 4.60. The number of H-pyrrole nitrogens is 1. The summed E-state index contributed by atoms with van der Waals surface area (Å²) in [5.41, 5.74) is 2.05. The van der Waals surface area contributed by atoms with E-state index in [1.54, 1.807) is 23.1 Å². The minimum absolute atomic E-state index is 0.000643. The molecule has 0 saturated carbocycles. The van der Waals surface area contributed by atoms with Crippen LogP contribution < -0.4 is 16.0 Å². The second-order valence-electron chi connectivity index (χ2n) is 6.60. The SMILES string of the molecule is O=c1[nH]ccnc1N1CCN(CCn2nc3c(cc2=O)CCC3)CC1. The van der Waals surface area contributed by atoms with Crippen LogP contribution in [0, 0.1) is 0 Å². The van der Waals surface area contributed by atoms with Gasteiger partial charge in [0.1, 0.15) is 0 Å². The number of anilines is 1. The molecule has 0 atom stereocenters. The van der Waals surface area contributed by atoms with Crippen molar-refractivity contribution in [2.45, 2.75) is 25.8 Å². The Labute approximate surface area is 145 Å². The maximum Gasteiger partial charge on any atom is 0.290 e. The Morgan fingerprint density at radius 1 is 1.08 bits per heavy atom. The van der Waals surface area contributed by atoms with Crippen LogP contribution in [-0.2, 0) is 19.4 Å². The monoisotopic (exact) mass is 342 g/mol. The number of hydrogen-bond acceptors (Lipinski definition) is 6. The molecule has 3 heterocycles. The molecule has 0 amide bonds. The van der Waals surface area contributed by atoms with Crippen LogP contribution in [0.25, 0.3) is 0 Å². The van der Waals surface area contributed by atoms with Gasteiger partial charge in [0.15, 0.2) is 5.82 Å². The van der Waals surface area contributed by atoms with Gasteiger partial charge in [-0.25, -0.2) is 9.67 Å². The van der Waals surface area contributed by atoms with E-state index >= 15 is 0 Å². The quantitative estimate of drug-likeness (QED) is 0.816. The molecule has 8 heteroatoms. The molecule has 1 saturated heterocycles. The second kappa shape index (κ2) is 6.79. The number of piperazine rings is 1. The van der Waals surface area contributed by atoms with Gasteiger partial charge in [-0.2, -0.15) is 5.10 Å². The lowest BCUT2D eigenvalue weighted by atomic mass is 10.2. The first-order valence-electron chi connectivity index (χ1n) is 8.81. The van der Waals surface area contributed by atoms with Crippen molar-refractivity contribution in [2.75, 3.05) is 37.6 Å². The van der Waals surface area contributed by atoms with E-state index in [0.29, 0.717) is 12.4 Å². The van der Waals surface area contributed by atoms with Crippen LogP contribution in [-0.4, -0.2) is 57.4 Å². The van der Waals surface area contributed by atoms with Crippen LogP contribution in [0.3, 0.4) is 0 Å². The van der Waals surface area contributed by atoms with Gasteiger partial charge in [0.25, 0.3) is 11.1 Å². The fourth-order valence-electron chi connectivity index (χ4n) is 3.59. The summed E-state index contributed by atoms with van der Waals surface area (Å²) in [5, 5.41) is 4.52. The topological polar surface area (TPSA) is 87.1 Å². The zero-order valence-electron chi connectivity index (χ0n) is 14.1. The lowest BCUT2D eigenvalue weighted by Crippen LogP contribution is -2.49. The van der Waals surface area contributed by atoms with E-state index in [1.165, 1.54) is 0 Å². The van der Waals surface area contributed by atoms with Crippen LogP contribution in [0.2, 0.25) is 0 Å². The first-order chi connectivity index (χ1) is 12.2. The Balaban J connectivity index is 1.35. The molecule has 1 aliphatic carbocycles. The summed E-state index contributed by atoms with van der Waals surface area (Å²) in [6.07, 6.45) is 6.21. The first kappa shape index (κ1) is 16.0. The van der Waals surface area contributed by atoms with Gasteiger partial charge in [0.2, 0.25) is 0 Å². The molecule has 0 bridgehead atoms. The minimum atomic E-state index is -0.148. The molecule has 2 aromatic heterocycles. The third-order valence-electron chi connectivity index (χ3n) is 5.01. The zero-order chi connectivity index (χ0) is 17.2. The first-order valence-corrected chi connectivity index (χ1v) is 8.81. The molecule has 8 nitrogen and oxygen atoms in total. The van der Waals surface area contributed by atoms with Crippen LogP contribution in [0.5, 0.6) is 0 Å². The Kier molecular flexibility index (Phi) is 4.35. The van der Waals surface area contributed by atoms with Gasteiger partial charge in [-0.1, -0.05) is 0 Å². The molecule has 0 unspecified atom stereocenters. The van der Waals surface area contributed by atoms with E-state index in [2.05, 4.69) is 20.0 Å². The standard InChI is InChI=1S/C17H22N6O2/c24-15-12-13-2-1-3-14(13)20-23(15)11-8-21-6-9-22(10-7-21)16-17(25)19-5-4-18-16/h4-5,12H,1-3,6-11H2,(H,19,25). The Morgan fingerprint density at radius 3 is 2.72 bits per heavy atom. The van der Waals surface area contributed by atoms with E-state index in [-0.39, 0.29) is 11.1 Å². The third-order valence-corrected chi connectivity index (χ3v) is 5.01. The van der Waals surface area contributed by atoms with Gasteiger partial charge in [-0.3, -0.25) is 14.5 Å². The molecule has 4 rings (SSSR count). The van der Waals surface area contributed by atoms with Crippen LogP contribution >= 0.6 is 0 Å². The number of aromatic amines is 1. The number of nitrogens with one attached hydrogen (secondary N) is 1. The van der Waals surface area contributed by atoms with Gasteiger partial charge in [0.05, 0.1) is 12.2 Å². The van der Waals surface area contributed by atoms with Crippen molar-refractivity contribution in [3.63, 3.8) is 0 Å². The number of fused-ring (bicyclic) bond motifs is 1. The van der Waals surface area contributed by atoms with Crippen molar-refractivity contribution in [1.29, 1.82) is 0 Å². The van der Waals surface area contributed by atoms with E-state index in [0.717, 1.165) is 63.2 Å². The molecule has 1 aliphatic heterocycles. The minimum Gasteiger partial charge on any atom is -0.349 e. The number of aryl methyl sites for hydroxylation is 2. The Hall–Kier alpha value is -2.48. The summed E-state index contributed by atoms with van der Waals surface area (Å²) in [4.78, 5) is 35.1. The largest absolute Gasteiger partial charge is 0.349 e. The van der Waals surface area contributed by atoms with Crippen molar-refractivity contribution >= 4 is 5.82 Å². The average Bonchev–Trinajstić information content (AvgIpc) is 3.08. The van der Waals surface area contributed by atoms with Crippen LogP contribution in [0.1, 0.15) is 17.7 Å². The zero-order valence-corrected chi connectivity index (χ0v) is 14.1. The highest BCUT2D eigenvalue weighted by Crippen LogP contribution is 2.17. The highest BCUT2D eigenvalue weighted by Gasteiger charge is 2.20. The number of rotatable bonds is 4. The van der Waals surface area contributed by atoms with Gasteiger partial charge in [-0.05, 0) is 24.8 Å². The number of nitrogens with zero attached hydrogens (tertiary/aromatic N) is 5. The molecule has 1 N–H and O–H groups in total. The highest BCUT2D eigenvalue weighted by molar-refractivity contribution is 5.35. The number of aromatic nitrogens is 4. The summed E-state index contributed by atoms with van der Waals surface area (Å²) in [6, 6.07) is 1.75. The average molecular weight is 342 g/mol. The number of hydrogen-bond donors (Lipinski definition) is 1.